The van der Waals surface area contributed by atoms with Gasteiger partial charge in [0.25, 0.3) is 0 Å². The van der Waals surface area contributed by atoms with E-state index in [2.05, 4.69) is 10.0 Å². The molecule has 0 atom stereocenters. The second-order valence-electron chi connectivity index (χ2n) is 6.83. The minimum atomic E-state index is -3.46. The van der Waals surface area contributed by atoms with E-state index in [-0.39, 0.29) is 10.8 Å². The Balaban J connectivity index is 1.73. The van der Waals surface area contributed by atoms with Gasteiger partial charge < -0.3 is 5.32 Å². The normalized spacial score (nSPS) is 16.2. The van der Waals surface area contributed by atoms with Crippen LogP contribution in [0.25, 0.3) is 0 Å². The monoisotopic (exact) mass is 406 g/mol. The van der Waals surface area contributed by atoms with E-state index in [4.69, 9.17) is 11.6 Å². The number of amides is 1. The van der Waals surface area contributed by atoms with Gasteiger partial charge in [-0.15, -0.1) is 0 Å². The lowest BCUT2D eigenvalue weighted by Gasteiger charge is -2.28. The van der Waals surface area contributed by atoms with Gasteiger partial charge in [-0.1, -0.05) is 48.7 Å². The third-order valence-electron chi connectivity index (χ3n) is 5.24. The van der Waals surface area contributed by atoms with Crippen molar-refractivity contribution in [2.45, 2.75) is 42.5 Å². The van der Waals surface area contributed by atoms with Crippen LogP contribution in [0.1, 0.15) is 36.8 Å². The van der Waals surface area contributed by atoms with Crippen molar-refractivity contribution in [2.24, 2.45) is 0 Å². The average Bonchev–Trinajstić information content (AvgIpc) is 3.18. The van der Waals surface area contributed by atoms with E-state index in [1.54, 1.807) is 12.1 Å². The molecule has 1 fully saturated rings. The number of carbonyl (C=O) groups excluding carboxylic acids is 1. The lowest BCUT2D eigenvalue weighted by atomic mass is 9.78. The van der Waals surface area contributed by atoms with Crippen molar-refractivity contribution < 1.29 is 13.2 Å². The summed E-state index contributed by atoms with van der Waals surface area (Å²) in [6.45, 7) is 0.355. The van der Waals surface area contributed by atoms with Crippen molar-refractivity contribution in [3.63, 3.8) is 0 Å². The third kappa shape index (κ3) is 4.18. The fraction of sp³-hybridized carbons (Fsp3) is 0.350. The number of rotatable bonds is 6. The van der Waals surface area contributed by atoms with Crippen molar-refractivity contribution in [3.05, 3.63) is 64.7 Å². The van der Waals surface area contributed by atoms with Crippen LogP contribution >= 0.6 is 11.6 Å². The minimum absolute atomic E-state index is 0.00856. The van der Waals surface area contributed by atoms with Gasteiger partial charge in [-0.25, -0.2) is 13.1 Å². The highest BCUT2D eigenvalue weighted by Gasteiger charge is 2.42. The summed E-state index contributed by atoms with van der Waals surface area (Å²) < 4.78 is 25.9. The van der Waals surface area contributed by atoms with E-state index in [1.807, 2.05) is 24.3 Å². The Morgan fingerprint density at radius 2 is 1.63 bits per heavy atom. The van der Waals surface area contributed by atoms with E-state index < -0.39 is 15.4 Å². The average molecular weight is 407 g/mol. The lowest BCUT2D eigenvalue weighted by Crippen LogP contribution is -2.42. The second-order valence-corrected chi connectivity index (χ2v) is 9.15. The highest BCUT2D eigenvalue weighted by atomic mass is 35.5. The van der Waals surface area contributed by atoms with E-state index in [9.17, 15) is 13.2 Å². The van der Waals surface area contributed by atoms with Gasteiger partial charge >= 0.3 is 0 Å². The maximum Gasteiger partial charge on any atom is 0.240 e. The van der Waals surface area contributed by atoms with Crippen LogP contribution in [-0.4, -0.2) is 21.4 Å². The molecule has 2 aromatic rings. The zero-order valence-corrected chi connectivity index (χ0v) is 16.7. The first-order valence-electron chi connectivity index (χ1n) is 8.94. The summed E-state index contributed by atoms with van der Waals surface area (Å²) in [5, 5.41) is 3.69. The Kier molecular flexibility index (Phi) is 5.89. The standard InChI is InChI=1S/C20H23ClN2O3S/c1-22-27(25,26)18-10-4-15(5-11-18)14-23-19(24)20(12-2-3-13-20)16-6-8-17(21)9-7-16/h4-11,22H,2-3,12-14H2,1H3,(H,23,24). The molecule has 0 saturated heterocycles. The zero-order valence-electron chi connectivity index (χ0n) is 15.2. The van der Waals surface area contributed by atoms with Gasteiger partial charge in [-0.05, 0) is 55.3 Å². The SMILES string of the molecule is CNS(=O)(=O)c1ccc(CNC(=O)C2(c3ccc(Cl)cc3)CCCC2)cc1. The topological polar surface area (TPSA) is 75.3 Å². The molecule has 27 heavy (non-hydrogen) atoms. The van der Waals surface area contributed by atoms with Crippen LogP contribution in [0.3, 0.4) is 0 Å². The first kappa shape index (κ1) is 19.9. The molecule has 3 rings (SSSR count). The molecule has 0 unspecified atom stereocenters. The van der Waals surface area contributed by atoms with Crippen molar-refractivity contribution in [3.8, 4) is 0 Å². The van der Waals surface area contributed by atoms with Crippen molar-refractivity contribution in [1.82, 2.24) is 10.0 Å². The molecule has 0 spiro atoms. The number of carbonyl (C=O) groups is 1. The Hall–Kier alpha value is -1.89. The molecule has 1 amide bonds. The van der Waals surface area contributed by atoms with Gasteiger partial charge in [-0.2, -0.15) is 0 Å². The predicted molar refractivity (Wildman–Crippen MR) is 106 cm³/mol. The zero-order chi connectivity index (χ0) is 19.5. The van der Waals surface area contributed by atoms with Crippen LogP contribution < -0.4 is 10.0 Å². The van der Waals surface area contributed by atoms with E-state index >= 15 is 0 Å². The summed E-state index contributed by atoms with van der Waals surface area (Å²) in [6.07, 6.45) is 3.68. The molecular weight excluding hydrogens is 384 g/mol. The summed E-state index contributed by atoms with van der Waals surface area (Å²) in [5.74, 6) is 0.00856. The van der Waals surface area contributed by atoms with E-state index in [0.29, 0.717) is 11.6 Å². The van der Waals surface area contributed by atoms with Gasteiger partial charge in [0.05, 0.1) is 10.3 Å². The summed E-state index contributed by atoms with van der Waals surface area (Å²) >= 11 is 5.99. The van der Waals surface area contributed by atoms with Gasteiger partial charge in [-0.3, -0.25) is 4.79 Å². The Morgan fingerprint density at radius 3 is 2.19 bits per heavy atom. The van der Waals surface area contributed by atoms with Gasteiger partial charge in [0, 0.05) is 11.6 Å². The van der Waals surface area contributed by atoms with Crippen LogP contribution in [0.2, 0.25) is 5.02 Å². The molecule has 1 saturated carbocycles. The summed E-state index contributed by atoms with van der Waals surface area (Å²) in [5.41, 5.74) is 1.33. The molecule has 0 aromatic heterocycles. The van der Waals surface area contributed by atoms with E-state index in [0.717, 1.165) is 36.8 Å². The summed E-state index contributed by atoms with van der Waals surface area (Å²) in [7, 11) is -2.08. The molecule has 0 aliphatic heterocycles. The molecule has 144 valence electrons. The number of sulfonamides is 1. The first-order valence-corrected chi connectivity index (χ1v) is 10.8. The molecule has 5 nitrogen and oxygen atoms in total. The number of nitrogens with one attached hydrogen (secondary N) is 2. The predicted octanol–water partition coefficient (Wildman–Crippen LogP) is 3.38. The molecule has 7 heteroatoms. The van der Waals surface area contributed by atoms with Crippen LogP contribution in [-0.2, 0) is 26.8 Å². The Bertz CT molecular complexity index is 903. The number of hydrogen-bond donors (Lipinski definition) is 2. The molecule has 0 bridgehead atoms. The molecule has 0 radical (unpaired) electrons. The Labute approximate surface area is 165 Å². The van der Waals surface area contributed by atoms with Crippen molar-refractivity contribution in [1.29, 1.82) is 0 Å². The van der Waals surface area contributed by atoms with Crippen LogP contribution in [0.5, 0.6) is 0 Å². The number of hydrogen-bond acceptors (Lipinski definition) is 3. The van der Waals surface area contributed by atoms with Crippen molar-refractivity contribution >= 4 is 27.5 Å². The third-order valence-corrected chi connectivity index (χ3v) is 6.93. The first-order chi connectivity index (χ1) is 12.9. The molecular formula is C20H23ClN2O3S. The molecule has 2 aromatic carbocycles. The molecule has 0 heterocycles. The highest BCUT2D eigenvalue weighted by molar-refractivity contribution is 7.89. The van der Waals surface area contributed by atoms with Crippen LogP contribution in [0.15, 0.2) is 53.4 Å². The van der Waals surface area contributed by atoms with Crippen molar-refractivity contribution in [2.75, 3.05) is 7.05 Å². The summed E-state index contributed by atoms with van der Waals surface area (Å²) in [6, 6.07) is 14.0. The van der Waals surface area contributed by atoms with Gasteiger partial charge in [0.15, 0.2) is 0 Å². The largest absolute Gasteiger partial charge is 0.351 e. The van der Waals surface area contributed by atoms with Gasteiger partial charge in [0.1, 0.15) is 0 Å². The van der Waals surface area contributed by atoms with Crippen LogP contribution in [0.4, 0.5) is 0 Å². The number of halogens is 1. The van der Waals surface area contributed by atoms with Gasteiger partial charge in [0.2, 0.25) is 15.9 Å². The highest BCUT2D eigenvalue weighted by Crippen LogP contribution is 2.41. The maximum absolute atomic E-state index is 13.0. The smallest absolute Gasteiger partial charge is 0.240 e. The molecule has 2 N–H and O–H groups in total. The lowest BCUT2D eigenvalue weighted by molar-refractivity contribution is -0.126. The maximum atomic E-state index is 13.0. The fourth-order valence-electron chi connectivity index (χ4n) is 3.65. The molecule has 1 aliphatic rings. The minimum Gasteiger partial charge on any atom is -0.351 e. The Morgan fingerprint density at radius 1 is 1.04 bits per heavy atom. The number of benzene rings is 2. The summed E-state index contributed by atoms with van der Waals surface area (Å²) in [4.78, 5) is 13.3. The van der Waals surface area contributed by atoms with Crippen LogP contribution in [0, 0.1) is 0 Å². The quantitative estimate of drug-likeness (QED) is 0.772. The fourth-order valence-corrected chi connectivity index (χ4v) is 4.51. The molecule has 1 aliphatic carbocycles. The second kappa shape index (κ2) is 8.00. The van der Waals surface area contributed by atoms with E-state index in [1.165, 1.54) is 19.2 Å².